The summed E-state index contributed by atoms with van der Waals surface area (Å²) >= 11 is 3.23. The molecule has 0 aliphatic carbocycles. The lowest BCUT2D eigenvalue weighted by Gasteiger charge is -2.10. The van der Waals surface area contributed by atoms with Crippen LogP contribution in [-0.2, 0) is 21.4 Å². The fourth-order valence-electron chi connectivity index (χ4n) is 2.85. The van der Waals surface area contributed by atoms with Gasteiger partial charge >= 0.3 is 0 Å². The zero-order valence-corrected chi connectivity index (χ0v) is 17.8. The number of nitrogens with zero attached hydrogens (tertiary/aromatic N) is 2. The van der Waals surface area contributed by atoms with Gasteiger partial charge in [-0.2, -0.15) is 0 Å². The number of carbonyl (C=O) groups excluding carboxylic acids is 1. The number of carbonyl (C=O) groups is 1. The van der Waals surface area contributed by atoms with Crippen molar-refractivity contribution in [3.05, 3.63) is 53.0 Å². The first-order chi connectivity index (χ1) is 13.4. The summed E-state index contributed by atoms with van der Waals surface area (Å²) in [5.74, 6) is 0.171. The first-order valence-corrected chi connectivity index (χ1v) is 11.2. The maximum absolute atomic E-state index is 12.4. The summed E-state index contributed by atoms with van der Waals surface area (Å²) in [5, 5.41) is 2.79. The Balaban J connectivity index is 1.64. The predicted molar refractivity (Wildman–Crippen MR) is 113 cm³/mol. The molecule has 1 aromatic heterocycles. The first kappa shape index (κ1) is 20.5. The number of imidazole rings is 1. The molecule has 2 N–H and O–H groups in total. The van der Waals surface area contributed by atoms with Crippen molar-refractivity contribution in [1.29, 1.82) is 0 Å². The zero-order valence-electron chi connectivity index (χ0n) is 15.4. The number of sulfonamides is 1. The minimum absolute atomic E-state index is 0.000979. The molecule has 0 atom stereocenters. The van der Waals surface area contributed by atoms with E-state index in [-0.39, 0.29) is 23.8 Å². The minimum atomic E-state index is -3.69. The zero-order chi connectivity index (χ0) is 20.1. The van der Waals surface area contributed by atoms with Crippen molar-refractivity contribution in [2.45, 2.75) is 31.2 Å². The number of halogens is 1. The standard InChI is InChI=1S/C19H21BrN4O3S/c1-2-13-24-16-9-5-4-8-15(16)22-19(24)23-18(25)11-12-21-28(26,27)17-10-6-3-7-14(17)20/h3-10,21H,2,11-13H2,1H3,(H,22,23,25). The van der Waals surface area contributed by atoms with Crippen LogP contribution in [0.1, 0.15) is 19.8 Å². The second-order valence-electron chi connectivity index (χ2n) is 6.20. The van der Waals surface area contributed by atoms with Crippen molar-refractivity contribution in [3.63, 3.8) is 0 Å². The Morgan fingerprint density at radius 1 is 1.14 bits per heavy atom. The minimum Gasteiger partial charge on any atom is -0.310 e. The number of amides is 1. The summed E-state index contributed by atoms with van der Waals surface area (Å²) in [6, 6.07) is 14.2. The van der Waals surface area contributed by atoms with Crippen LogP contribution >= 0.6 is 15.9 Å². The number of nitrogens with one attached hydrogen (secondary N) is 2. The van der Waals surface area contributed by atoms with Gasteiger partial charge in [0, 0.05) is 24.0 Å². The highest BCUT2D eigenvalue weighted by Crippen LogP contribution is 2.21. The molecular formula is C19H21BrN4O3S. The Labute approximate surface area is 172 Å². The Morgan fingerprint density at radius 2 is 1.86 bits per heavy atom. The van der Waals surface area contributed by atoms with E-state index in [1.807, 2.05) is 28.8 Å². The summed E-state index contributed by atoms with van der Waals surface area (Å²) in [6.07, 6.45) is 0.897. The quantitative estimate of drug-likeness (QED) is 0.533. The molecule has 0 radical (unpaired) electrons. The summed E-state index contributed by atoms with van der Waals surface area (Å²) in [4.78, 5) is 16.9. The monoisotopic (exact) mass is 464 g/mol. The van der Waals surface area contributed by atoms with E-state index >= 15 is 0 Å². The molecular weight excluding hydrogens is 444 g/mol. The van der Waals surface area contributed by atoms with Crippen molar-refractivity contribution >= 4 is 48.8 Å². The van der Waals surface area contributed by atoms with E-state index < -0.39 is 10.0 Å². The van der Waals surface area contributed by atoms with Crippen molar-refractivity contribution < 1.29 is 13.2 Å². The van der Waals surface area contributed by atoms with Gasteiger partial charge in [-0.25, -0.2) is 18.1 Å². The number of aryl methyl sites for hydroxylation is 1. The Bertz CT molecular complexity index is 1100. The topological polar surface area (TPSA) is 93.1 Å². The highest BCUT2D eigenvalue weighted by atomic mass is 79.9. The average Bonchev–Trinajstić information content (AvgIpc) is 2.99. The number of aromatic nitrogens is 2. The molecule has 28 heavy (non-hydrogen) atoms. The van der Waals surface area contributed by atoms with Crippen LogP contribution in [-0.4, -0.2) is 30.4 Å². The third kappa shape index (κ3) is 4.60. The van der Waals surface area contributed by atoms with Crippen LogP contribution in [0.25, 0.3) is 11.0 Å². The molecule has 7 nitrogen and oxygen atoms in total. The summed E-state index contributed by atoms with van der Waals surface area (Å²) in [6.45, 7) is 2.77. The molecule has 0 bridgehead atoms. The normalized spacial score (nSPS) is 11.6. The largest absolute Gasteiger partial charge is 0.310 e. The fraction of sp³-hybridized carbons (Fsp3) is 0.263. The van der Waals surface area contributed by atoms with E-state index in [1.54, 1.807) is 18.2 Å². The van der Waals surface area contributed by atoms with Gasteiger partial charge in [0.15, 0.2) is 0 Å². The maximum atomic E-state index is 12.4. The van der Waals surface area contributed by atoms with Crippen LogP contribution < -0.4 is 10.0 Å². The van der Waals surface area contributed by atoms with Crippen LogP contribution in [0.2, 0.25) is 0 Å². The number of rotatable bonds is 8. The summed E-state index contributed by atoms with van der Waals surface area (Å²) in [7, 11) is -3.69. The Hall–Kier alpha value is -2.23. The smallest absolute Gasteiger partial charge is 0.241 e. The van der Waals surface area contributed by atoms with E-state index in [4.69, 9.17) is 0 Å². The molecule has 0 fully saturated rings. The van der Waals surface area contributed by atoms with Gasteiger partial charge in [0.2, 0.25) is 21.9 Å². The number of hydrogen-bond acceptors (Lipinski definition) is 4. The van der Waals surface area contributed by atoms with Gasteiger partial charge in [-0.05, 0) is 46.6 Å². The van der Waals surface area contributed by atoms with Gasteiger partial charge in [0.1, 0.15) is 0 Å². The molecule has 1 amide bonds. The number of anilines is 1. The molecule has 0 saturated carbocycles. The number of benzene rings is 2. The molecule has 0 aliphatic heterocycles. The summed E-state index contributed by atoms with van der Waals surface area (Å²) < 4.78 is 29.6. The molecule has 0 saturated heterocycles. The molecule has 9 heteroatoms. The Morgan fingerprint density at radius 3 is 2.61 bits per heavy atom. The highest BCUT2D eigenvalue weighted by molar-refractivity contribution is 9.10. The van der Waals surface area contributed by atoms with Gasteiger partial charge in [0.05, 0.1) is 15.9 Å². The molecule has 148 valence electrons. The van der Waals surface area contributed by atoms with Crippen LogP contribution in [0.5, 0.6) is 0 Å². The lowest BCUT2D eigenvalue weighted by Crippen LogP contribution is -2.28. The Kier molecular flexibility index (Phi) is 6.48. The third-order valence-electron chi connectivity index (χ3n) is 4.12. The molecule has 2 aromatic carbocycles. The van der Waals surface area contributed by atoms with Crippen LogP contribution in [0.3, 0.4) is 0 Å². The molecule has 1 heterocycles. The van der Waals surface area contributed by atoms with Gasteiger partial charge in [-0.3, -0.25) is 10.1 Å². The molecule has 0 aliphatic rings. The highest BCUT2D eigenvalue weighted by Gasteiger charge is 2.18. The van der Waals surface area contributed by atoms with Gasteiger partial charge < -0.3 is 4.57 Å². The van der Waals surface area contributed by atoms with Crippen molar-refractivity contribution in [3.8, 4) is 0 Å². The fourth-order valence-corrected chi connectivity index (χ4v) is 4.88. The van der Waals surface area contributed by atoms with Gasteiger partial charge in [-0.1, -0.05) is 31.2 Å². The lowest BCUT2D eigenvalue weighted by atomic mass is 10.3. The first-order valence-electron chi connectivity index (χ1n) is 8.91. The van der Waals surface area contributed by atoms with E-state index in [9.17, 15) is 13.2 Å². The van der Waals surface area contributed by atoms with E-state index in [2.05, 4.69) is 37.9 Å². The molecule has 3 aromatic rings. The van der Waals surface area contributed by atoms with Crippen molar-refractivity contribution in [2.75, 3.05) is 11.9 Å². The molecule has 0 unspecified atom stereocenters. The molecule has 0 spiro atoms. The van der Waals surface area contributed by atoms with Crippen LogP contribution in [0, 0.1) is 0 Å². The number of fused-ring (bicyclic) bond motifs is 1. The van der Waals surface area contributed by atoms with E-state index in [1.165, 1.54) is 6.07 Å². The van der Waals surface area contributed by atoms with Crippen molar-refractivity contribution in [2.24, 2.45) is 0 Å². The lowest BCUT2D eigenvalue weighted by molar-refractivity contribution is -0.116. The summed E-state index contributed by atoms with van der Waals surface area (Å²) in [5.41, 5.74) is 1.76. The van der Waals surface area contributed by atoms with Crippen molar-refractivity contribution in [1.82, 2.24) is 14.3 Å². The maximum Gasteiger partial charge on any atom is 0.241 e. The van der Waals surface area contributed by atoms with Crippen LogP contribution in [0.15, 0.2) is 57.9 Å². The van der Waals surface area contributed by atoms with Gasteiger partial charge in [-0.15, -0.1) is 0 Å². The van der Waals surface area contributed by atoms with E-state index in [0.717, 1.165) is 24.0 Å². The van der Waals surface area contributed by atoms with Gasteiger partial charge in [0.25, 0.3) is 0 Å². The number of hydrogen-bond donors (Lipinski definition) is 2. The third-order valence-corrected chi connectivity index (χ3v) is 6.60. The predicted octanol–water partition coefficient (Wildman–Crippen LogP) is 3.52. The second kappa shape index (κ2) is 8.85. The second-order valence-corrected chi connectivity index (χ2v) is 8.79. The molecule has 3 rings (SSSR count). The SMILES string of the molecule is CCCn1c(NC(=O)CCNS(=O)(=O)c2ccccc2Br)nc2ccccc21. The van der Waals surface area contributed by atoms with E-state index in [0.29, 0.717) is 10.4 Å². The number of para-hydroxylation sites is 2. The van der Waals surface area contributed by atoms with Crippen LogP contribution in [0.4, 0.5) is 5.95 Å². The average molecular weight is 465 g/mol.